The van der Waals surface area contributed by atoms with Gasteiger partial charge in [0.2, 0.25) is 0 Å². The Morgan fingerprint density at radius 2 is 1.74 bits per heavy atom. The predicted octanol–water partition coefficient (Wildman–Crippen LogP) is 4.62. The van der Waals surface area contributed by atoms with Crippen molar-refractivity contribution in [3.05, 3.63) is 58.3 Å². The van der Waals surface area contributed by atoms with Crippen LogP contribution in [0.4, 0.5) is 10.1 Å². The highest BCUT2D eigenvalue weighted by Gasteiger charge is 2.06. The summed E-state index contributed by atoms with van der Waals surface area (Å²) in [6, 6.07) is 12.0. The van der Waals surface area contributed by atoms with Crippen molar-refractivity contribution in [3.63, 3.8) is 0 Å². The molecule has 0 saturated carbocycles. The van der Waals surface area contributed by atoms with Crippen LogP contribution in [-0.4, -0.2) is 13.2 Å². The van der Waals surface area contributed by atoms with Gasteiger partial charge < -0.3 is 10.1 Å². The molecule has 0 aromatic heterocycles. The van der Waals surface area contributed by atoms with Gasteiger partial charge in [-0.3, -0.25) is 0 Å². The van der Waals surface area contributed by atoms with E-state index in [-0.39, 0.29) is 10.8 Å². The number of ether oxygens (including phenoxy) is 1. The van der Waals surface area contributed by atoms with Crippen LogP contribution < -0.4 is 10.1 Å². The molecule has 0 fully saturated rings. The molecule has 2 nitrogen and oxygen atoms in total. The van der Waals surface area contributed by atoms with Crippen molar-refractivity contribution in [1.82, 2.24) is 0 Å². The first-order valence-corrected chi connectivity index (χ1v) is 6.49. The van der Waals surface area contributed by atoms with Crippen molar-refractivity contribution in [2.75, 3.05) is 18.5 Å². The van der Waals surface area contributed by atoms with Gasteiger partial charge in [-0.15, -0.1) is 0 Å². The van der Waals surface area contributed by atoms with E-state index in [4.69, 9.17) is 27.9 Å². The lowest BCUT2D eigenvalue weighted by molar-refractivity contribution is 0.315. The number of nitrogens with one attached hydrogen (secondary N) is 1. The van der Waals surface area contributed by atoms with Crippen LogP contribution >= 0.6 is 23.2 Å². The Kier molecular flexibility index (Phi) is 4.88. The van der Waals surface area contributed by atoms with Gasteiger partial charge in [0.1, 0.15) is 6.61 Å². The average molecular weight is 300 g/mol. The Morgan fingerprint density at radius 1 is 1.00 bits per heavy atom. The minimum Gasteiger partial charge on any atom is -0.489 e. The van der Waals surface area contributed by atoms with E-state index in [2.05, 4.69) is 5.32 Å². The summed E-state index contributed by atoms with van der Waals surface area (Å²) < 4.78 is 18.8. The maximum Gasteiger partial charge on any atom is 0.183 e. The fourth-order valence-corrected chi connectivity index (χ4v) is 1.92. The zero-order valence-corrected chi connectivity index (χ0v) is 11.5. The monoisotopic (exact) mass is 299 g/mol. The van der Waals surface area contributed by atoms with Gasteiger partial charge in [0.05, 0.1) is 15.7 Å². The number of para-hydroxylation sites is 1. The first kappa shape index (κ1) is 14.0. The third-order valence-corrected chi connectivity index (χ3v) is 3.09. The van der Waals surface area contributed by atoms with Crippen LogP contribution in [0.25, 0.3) is 0 Å². The van der Waals surface area contributed by atoms with Crippen molar-refractivity contribution >= 4 is 28.9 Å². The van der Waals surface area contributed by atoms with Crippen LogP contribution in [0.5, 0.6) is 5.75 Å². The highest BCUT2D eigenvalue weighted by molar-refractivity contribution is 6.33. The number of anilines is 1. The van der Waals surface area contributed by atoms with E-state index < -0.39 is 5.82 Å². The van der Waals surface area contributed by atoms with Gasteiger partial charge in [-0.1, -0.05) is 41.4 Å². The average Bonchev–Trinajstić information content (AvgIpc) is 2.41. The number of hydrogen-bond donors (Lipinski definition) is 1. The minimum atomic E-state index is -0.540. The molecule has 0 aliphatic rings. The molecule has 0 heterocycles. The molecule has 100 valence electrons. The van der Waals surface area contributed by atoms with E-state index in [0.29, 0.717) is 18.2 Å². The summed E-state index contributed by atoms with van der Waals surface area (Å²) in [5.74, 6) is -0.393. The summed E-state index contributed by atoms with van der Waals surface area (Å²) in [4.78, 5) is 0. The fraction of sp³-hybridized carbons (Fsp3) is 0.143. The summed E-state index contributed by atoms with van der Waals surface area (Å²) in [5.41, 5.74) is 0.819. The lowest BCUT2D eigenvalue weighted by Crippen LogP contribution is -2.12. The van der Waals surface area contributed by atoms with E-state index >= 15 is 0 Å². The largest absolute Gasteiger partial charge is 0.489 e. The van der Waals surface area contributed by atoms with Crippen molar-refractivity contribution < 1.29 is 9.13 Å². The predicted molar refractivity (Wildman–Crippen MR) is 76.8 cm³/mol. The molecule has 5 heteroatoms. The van der Waals surface area contributed by atoms with Crippen molar-refractivity contribution in [1.29, 1.82) is 0 Å². The summed E-state index contributed by atoms with van der Waals surface area (Å²) in [5, 5.41) is 3.79. The van der Waals surface area contributed by atoms with Gasteiger partial charge in [-0.05, 0) is 24.3 Å². The van der Waals surface area contributed by atoms with Gasteiger partial charge in [-0.2, -0.15) is 0 Å². The van der Waals surface area contributed by atoms with Crippen LogP contribution in [-0.2, 0) is 0 Å². The Balaban J connectivity index is 1.84. The number of halogens is 3. The summed E-state index contributed by atoms with van der Waals surface area (Å²) in [6.45, 7) is 0.818. The standard InChI is InChI=1S/C14H12Cl2FNO/c15-10-4-1-2-6-12(10)18-8-9-19-13-7-3-5-11(16)14(13)17/h1-7,18H,8-9H2. The van der Waals surface area contributed by atoms with Crippen molar-refractivity contribution in [2.24, 2.45) is 0 Å². The maximum atomic E-state index is 13.5. The molecular weight excluding hydrogens is 288 g/mol. The van der Waals surface area contributed by atoms with Crippen LogP contribution in [0.1, 0.15) is 0 Å². The second-order valence-electron chi connectivity index (χ2n) is 3.81. The second kappa shape index (κ2) is 6.64. The van der Waals surface area contributed by atoms with Crippen LogP contribution in [0, 0.1) is 5.82 Å². The Morgan fingerprint density at radius 3 is 2.53 bits per heavy atom. The zero-order chi connectivity index (χ0) is 13.7. The van der Waals surface area contributed by atoms with Crippen LogP contribution in [0.3, 0.4) is 0 Å². The smallest absolute Gasteiger partial charge is 0.183 e. The highest BCUT2D eigenvalue weighted by atomic mass is 35.5. The van der Waals surface area contributed by atoms with Crippen LogP contribution in [0.15, 0.2) is 42.5 Å². The molecule has 0 unspecified atom stereocenters. The Hall–Kier alpha value is -1.45. The molecule has 1 N–H and O–H groups in total. The molecular formula is C14H12Cl2FNO. The third kappa shape index (κ3) is 3.75. The topological polar surface area (TPSA) is 21.3 Å². The maximum absolute atomic E-state index is 13.5. The van der Waals surface area contributed by atoms with Gasteiger partial charge in [0, 0.05) is 6.54 Å². The zero-order valence-electron chi connectivity index (χ0n) is 10.00. The van der Waals surface area contributed by atoms with Crippen molar-refractivity contribution in [2.45, 2.75) is 0 Å². The Labute approximate surface area is 121 Å². The summed E-state index contributed by atoms with van der Waals surface area (Å²) in [6.07, 6.45) is 0. The van der Waals surface area contributed by atoms with E-state index in [9.17, 15) is 4.39 Å². The van der Waals surface area contributed by atoms with E-state index in [1.54, 1.807) is 12.1 Å². The second-order valence-corrected chi connectivity index (χ2v) is 4.62. The molecule has 0 aliphatic heterocycles. The van der Waals surface area contributed by atoms with E-state index in [0.717, 1.165) is 5.69 Å². The molecule has 2 rings (SSSR count). The molecule has 2 aromatic carbocycles. The lowest BCUT2D eigenvalue weighted by atomic mass is 10.3. The first-order chi connectivity index (χ1) is 9.18. The van der Waals surface area contributed by atoms with E-state index in [1.807, 2.05) is 18.2 Å². The molecule has 0 atom stereocenters. The molecule has 0 spiro atoms. The number of hydrogen-bond acceptors (Lipinski definition) is 2. The minimum absolute atomic E-state index is 0.0524. The normalized spacial score (nSPS) is 10.3. The van der Waals surface area contributed by atoms with Gasteiger partial charge in [0.15, 0.2) is 11.6 Å². The van der Waals surface area contributed by atoms with Gasteiger partial charge in [-0.25, -0.2) is 4.39 Å². The van der Waals surface area contributed by atoms with Gasteiger partial charge >= 0.3 is 0 Å². The van der Waals surface area contributed by atoms with Crippen molar-refractivity contribution in [3.8, 4) is 5.75 Å². The molecule has 19 heavy (non-hydrogen) atoms. The van der Waals surface area contributed by atoms with Crippen LogP contribution in [0.2, 0.25) is 10.0 Å². The summed E-state index contributed by atoms with van der Waals surface area (Å²) in [7, 11) is 0. The molecule has 0 radical (unpaired) electrons. The number of benzene rings is 2. The fourth-order valence-electron chi connectivity index (χ4n) is 1.55. The molecule has 0 amide bonds. The Bertz CT molecular complexity index is 563. The van der Waals surface area contributed by atoms with E-state index in [1.165, 1.54) is 12.1 Å². The molecule has 0 saturated heterocycles. The molecule has 0 bridgehead atoms. The SMILES string of the molecule is Fc1c(Cl)cccc1OCCNc1ccccc1Cl. The lowest BCUT2D eigenvalue weighted by Gasteiger charge is -2.10. The molecule has 0 aliphatic carbocycles. The quantitative estimate of drug-likeness (QED) is 0.813. The third-order valence-electron chi connectivity index (χ3n) is 2.47. The molecule has 2 aromatic rings. The summed E-state index contributed by atoms with van der Waals surface area (Å²) >= 11 is 11.6. The van der Waals surface area contributed by atoms with Gasteiger partial charge in [0.25, 0.3) is 0 Å². The number of rotatable bonds is 5. The highest BCUT2D eigenvalue weighted by Crippen LogP contribution is 2.24. The first-order valence-electron chi connectivity index (χ1n) is 5.73.